The highest BCUT2D eigenvalue weighted by Gasteiger charge is 2.11. The van der Waals surface area contributed by atoms with E-state index in [-0.39, 0.29) is 5.95 Å². The van der Waals surface area contributed by atoms with Crippen molar-refractivity contribution in [2.24, 2.45) is 0 Å². The first-order chi connectivity index (χ1) is 16.7. The molecule has 0 atom stereocenters. The molecule has 164 valence electrons. The molecule has 2 N–H and O–H groups in total. The topological polar surface area (TPSA) is 77.8 Å². The second-order valence-electron chi connectivity index (χ2n) is 8.40. The summed E-state index contributed by atoms with van der Waals surface area (Å²) in [4.78, 5) is 13.5. The third-order valence-electron chi connectivity index (χ3n) is 5.97. The molecule has 4 aromatic carbocycles. The third kappa shape index (κ3) is 3.99. The Morgan fingerprint density at radius 1 is 0.588 bits per heavy atom. The van der Waals surface area contributed by atoms with E-state index in [2.05, 4.69) is 64.6 Å². The number of furan rings is 1. The largest absolute Gasteiger partial charge is 0.456 e. The quantitative estimate of drug-likeness (QED) is 0.344. The van der Waals surface area contributed by atoms with Gasteiger partial charge in [0, 0.05) is 22.8 Å². The lowest BCUT2D eigenvalue weighted by Gasteiger charge is -2.07. The van der Waals surface area contributed by atoms with E-state index in [9.17, 15) is 0 Å². The zero-order valence-corrected chi connectivity index (χ0v) is 18.5. The van der Waals surface area contributed by atoms with Crippen LogP contribution in [0, 0.1) is 0 Å². The Balaban J connectivity index is 1.26. The summed E-state index contributed by atoms with van der Waals surface area (Å²) in [5.74, 6) is 1.43. The number of nitrogens with two attached hydrogens (primary N) is 1. The van der Waals surface area contributed by atoms with E-state index >= 15 is 0 Å². The van der Waals surface area contributed by atoms with Gasteiger partial charge in [0.05, 0.1) is 0 Å². The molecule has 0 fully saturated rings. The normalized spacial score (nSPS) is 11.3. The van der Waals surface area contributed by atoms with Crippen LogP contribution in [0.4, 0.5) is 5.95 Å². The highest BCUT2D eigenvalue weighted by molar-refractivity contribution is 6.04. The first-order valence-electron chi connectivity index (χ1n) is 11.3. The van der Waals surface area contributed by atoms with E-state index in [4.69, 9.17) is 15.1 Å². The Labute approximate surface area is 196 Å². The van der Waals surface area contributed by atoms with Crippen LogP contribution in [0.25, 0.3) is 33.3 Å². The SMILES string of the molecule is Nc1nc(Cc2ccc3c(c2)oc2ccccc23)nc(-c2ccc(Cc3ccccc3)cc2)n1. The van der Waals surface area contributed by atoms with Crippen molar-refractivity contribution in [2.75, 3.05) is 5.73 Å². The van der Waals surface area contributed by atoms with Gasteiger partial charge in [-0.15, -0.1) is 0 Å². The minimum Gasteiger partial charge on any atom is -0.456 e. The van der Waals surface area contributed by atoms with Crippen LogP contribution in [0.2, 0.25) is 0 Å². The van der Waals surface area contributed by atoms with Gasteiger partial charge in [-0.2, -0.15) is 9.97 Å². The molecule has 5 heteroatoms. The van der Waals surface area contributed by atoms with Crippen LogP contribution >= 0.6 is 0 Å². The van der Waals surface area contributed by atoms with Crippen molar-refractivity contribution in [3.05, 3.63) is 120 Å². The average molecular weight is 443 g/mol. The Bertz CT molecular complexity index is 1610. The number of hydrogen-bond acceptors (Lipinski definition) is 5. The second-order valence-corrected chi connectivity index (χ2v) is 8.40. The van der Waals surface area contributed by atoms with Crippen LogP contribution in [0.5, 0.6) is 0 Å². The molecule has 6 aromatic rings. The summed E-state index contributed by atoms with van der Waals surface area (Å²) in [6.45, 7) is 0. The van der Waals surface area contributed by atoms with Gasteiger partial charge in [0.15, 0.2) is 5.82 Å². The molecule has 0 aliphatic rings. The Morgan fingerprint density at radius 2 is 1.29 bits per heavy atom. The number of nitrogens with zero attached hydrogens (tertiary/aromatic N) is 3. The standard InChI is InChI=1S/C29H22N4O/c30-29-32-27(18-21-12-15-24-23-8-4-5-9-25(23)34-26(24)17-21)31-28(33-29)22-13-10-20(11-14-22)16-19-6-2-1-3-7-19/h1-15,17H,16,18H2,(H2,30,31,32,33). The van der Waals surface area contributed by atoms with Crippen LogP contribution in [0.1, 0.15) is 22.5 Å². The lowest BCUT2D eigenvalue weighted by Crippen LogP contribution is -2.05. The molecule has 0 unspecified atom stereocenters. The summed E-state index contributed by atoms with van der Waals surface area (Å²) >= 11 is 0. The van der Waals surface area contributed by atoms with Gasteiger partial charge in [-0.25, -0.2) is 4.98 Å². The fourth-order valence-electron chi connectivity index (χ4n) is 4.31. The summed E-state index contributed by atoms with van der Waals surface area (Å²) in [5.41, 5.74) is 12.3. The molecule has 0 amide bonds. The molecule has 0 radical (unpaired) electrons. The van der Waals surface area contributed by atoms with E-state index in [1.165, 1.54) is 11.1 Å². The molecule has 5 nitrogen and oxygen atoms in total. The van der Waals surface area contributed by atoms with Crippen molar-refractivity contribution in [1.82, 2.24) is 15.0 Å². The zero-order valence-electron chi connectivity index (χ0n) is 18.5. The number of para-hydroxylation sites is 1. The van der Waals surface area contributed by atoms with Gasteiger partial charge in [0.25, 0.3) is 0 Å². The Morgan fingerprint density at radius 3 is 2.15 bits per heavy atom. The molecular weight excluding hydrogens is 420 g/mol. The van der Waals surface area contributed by atoms with E-state index in [1.807, 2.05) is 42.5 Å². The monoisotopic (exact) mass is 442 g/mol. The summed E-state index contributed by atoms with van der Waals surface area (Å²) in [7, 11) is 0. The number of fused-ring (bicyclic) bond motifs is 3. The smallest absolute Gasteiger partial charge is 0.223 e. The lowest BCUT2D eigenvalue weighted by molar-refractivity contribution is 0.668. The van der Waals surface area contributed by atoms with E-state index in [0.29, 0.717) is 18.1 Å². The van der Waals surface area contributed by atoms with Gasteiger partial charge in [0.1, 0.15) is 17.0 Å². The molecule has 0 aliphatic heterocycles. The zero-order chi connectivity index (χ0) is 22.9. The van der Waals surface area contributed by atoms with Crippen molar-refractivity contribution in [3.63, 3.8) is 0 Å². The summed E-state index contributed by atoms with van der Waals surface area (Å²) in [6.07, 6.45) is 1.43. The van der Waals surface area contributed by atoms with Gasteiger partial charge >= 0.3 is 0 Å². The lowest BCUT2D eigenvalue weighted by atomic mass is 10.0. The molecule has 0 aliphatic carbocycles. The first-order valence-corrected chi connectivity index (χ1v) is 11.3. The van der Waals surface area contributed by atoms with E-state index < -0.39 is 0 Å². The highest BCUT2D eigenvalue weighted by Crippen LogP contribution is 2.29. The Hall–Kier alpha value is -4.51. The van der Waals surface area contributed by atoms with E-state index in [1.54, 1.807) is 0 Å². The summed E-state index contributed by atoms with van der Waals surface area (Å²) < 4.78 is 6.02. The van der Waals surface area contributed by atoms with Crippen LogP contribution < -0.4 is 5.73 Å². The highest BCUT2D eigenvalue weighted by atomic mass is 16.3. The van der Waals surface area contributed by atoms with Gasteiger partial charge in [-0.05, 0) is 35.2 Å². The first kappa shape index (κ1) is 20.1. The fraction of sp³-hybridized carbons (Fsp3) is 0.0690. The van der Waals surface area contributed by atoms with Gasteiger partial charge in [0.2, 0.25) is 5.95 Å². The average Bonchev–Trinajstić information content (AvgIpc) is 3.22. The molecule has 2 aromatic heterocycles. The van der Waals surface area contributed by atoms with E-state index in [0.717, 1.165) is 39.5 Å². The van der Waals surface area contributed by atoms with Gasteiger partial charge in [-0.3, -0.25) is 0 Å². The van der Waals surface area contributed by atoms with Crippen LogP contribution in [0.3, 0.4) is 0 Å². The number of hydrogen-bond donors (Lipinski definition) is 1. The predicted octanol–water partition coefficient (Wildman–Crippen LogP) is 6.20. The van der Waals surface area contributed by atoms with Crippen LogP contribution in [-0.2, 0) is 12.8 Å². The summed E-state index contributed by atoms with van der Waals surface area (Å²) in [6, 6.07) is 33.0. The number of aromatic nitrogens is 3. The maximum Gasteiger partial charge on any atom is 0.223 e. The molecule has 6 rings (SSSR count). The number of rotatable bonds is 5. The predicted molar refractivity (Wildman–Crippen MR) is 135 cm³/mol. The number of nitrogen functional groups attached to an aromatic ring is 1. The van der Waals surface area contributed by atoms with Crippen LogP contribution in [0.15, 0.2) is 101 Å². The second kappa shape index (κ2) is 8.45. The molecular formula is C29H22N4O. The van der Waals surface area contributed by atoms with Crippen molar-refractivity contribution >= 4 is 27.9 Å². The molecule has 2 heterocycles. The molecule has 0 spiro atoms. The molecule has 34 heavy (non-hydrogen) atoms. The minimum atomic E-state index is 0.221. The van der Waals surface area contributed by atoms with Gasteiger partial charge < -0.3 is 10.2 Å². The maximum absolute atomic E-state index is 6.04. The Kier molecular flexibility index (Phi) is 5.00. The molecule has 0 saturated heterocycles. The van der Waals surface area contributed by atoms with Crippen LogP contribution in [-0.4, -0.2) is 15.0 Å². The van der Waals surface area contributed by atoms with Crippen molar-refractivity contribution in [3.8, 4) is 11.4 Å². The fourth-order valence-corrected chi connectivity index (χ4v) is 4.31. The molecule has 0 saturated carbocycles. The summed E-state index contributed by atoms with van der Waals surface area (Å²) in [5, 5.41) is 2.22. The minimum absolute atomic E-state index is 0.221. The molecule has 0 bridgehead atoms. The van der Waals surface area contributed by atoms with Crippen molar-refractivity contribution < 1.29 is 4.42 Å². The maximum atomic E-state index is 6.04. The van der Waals surface area contributed by atoms with Crippen molar-refractivity contribution in [2.45, 2.75) is 12.8 Å². The number of benzene rings is 4. The number of anilines is 1. The van der Waals surface area contributed by atoms with Crippen molar-refractivity contribution in [1.29, 1.82) is 0 Å². The third-order valence-corrected chi connectivity index (χ3v) is 5.97. The van der Waals surface area contributed by atoms with Gasteiger partial charge in [-0.1, -0.05) is 84.9 Å².